The van der Waals surface area contributed by atoms with E-state index in [1.807, 2.05) is 12.1 Å². The minimum Gasteiger partial charge on any atom is -0.390 e. The maximum atomic E-state index is 11.9. The Kier molecular flexibility index (Phi) is 5.28. The monoisotopic (exact) mass is 338 g/mol. The smallest absolute Gasteiger partial charge is 0.315 e. The third-order valence-corrected chi connectivity index (χ3v) is 4.27. The van der Waals surface area contributed by atoms with Crippen molar-refractivity contribution in [2.24, 2.45) is 5.16 Å². The van der Waals surface area contributed by atoms with Gasteiger partial charge in [-0.15, -0.1) is 0 Å². The molecule has 1 atom stereocenters. The van der Waals surface area contributed by atoms with Crippen molar-refractivity contribution in [2.45, 2.75) is 32.9 Å². The molecule has 0 radical (unpaired) electrons. The second kappa shape index (κ2) is 7.79. The molecule has 1 aliphatic rings. The molecule has 0 fully saturated rings. The minimum absolute atomic E-state index is 0.136. The lowest BCUT2D eigenvalue weighted by Crippen LogP contribution is -2.39. The van der Waals surface area contributed by atoms with Crippen LogP contribution in [0.2, 0.25) is 0 Å². The summed E-state index contributed by atoms with van der Waals surface area (Å²) >= 11 is 0. The highest BCUT2D eigenvalue weighted by Gasteiger charge is 2.22. The Bertz CT molecular complexity index is 774. The van der Waals surface area contributed by atoms with Gasteiger partial charge in [-0.1, -0.05) is 17.3 Å². The van der Waals surface area contributed by atoms with Gasteiger partial charge >= 0.3 is 6.03 Å². The number of oxime groups is 1. The Morgan fingerprint density at radius 3 is 2.72 bits per heavy atom. The lowest BCUT2D eigenvalue weighted by molar-refractivity contribution is 0.0865. The van der Waals surface area contributed by atoms with E-state index in [2.05, 4.69) is 52.8 Å². The Balaban J connectivity index is 1.43. The van der Waals surface area contributed by atoms with Crippen molar-refractivity contribution in [2.75, 3.05) is 6.54 Å². The van der Waals surface area contributed by atoms with E-state index in [1.54, 1.807) is 12.4 Å². The first-order chi connectivity index (χ1) is 12.1. The topological polar surface area (TPSA) is 75.6 Å². The summed E-state index contributed by atoms with van der Waals surface area (Å²) in [6, 6.07) is 9.77. The molecule has 0 saturated heterocycles. The molecule has 2 aromatic rings. The zero-order valence-electron chi connectivity index (χ0n) is 14.5. The normalized spacial score (nSPS) is 16.1. The molecule has 1 aromatic heterocycles. The van der Waals surface area contributed by atoms with Gasteiger partial charge in [-0.3, -0.25) is 4.98 Å². The van der Waals surface area contributed by atoms with Crippen molar-refractivity contribution in [3.05, 3.63) is 65.0 Å². The van der Waals surface area contributed by atoms with E-state index in [9.17, 15) is 4.79 Å². The summed E-state index contributed by atoms with van der Waals surface area (Å²) in [5.74, 6) is 0. The van der Waals surface area contributed by atoms with E-state index in [1.165, 1.54) is 11.1 Å². The van der Waals surface area contributed by atoms with Crippen LogP contribution in [0.15, 0.2) is 47.9 Å². The predicted molar refractivity (Wildman–Crippen MR) is 96.4 cm³/mol. The van der Waals surface area contributed by atoms with E-state index in [0.717, 1.165) is 16.8 Å². The van der Waals surface area contributed by atoms with Crippen LogP contribution in [0, 0.1) is 13.8 Å². The van der Waals surface area contributed by atoms with Crippen LogP contribution in [0.4, 0.5) is 4.79 Å². The molecular formula is C19H22N4O2. The van der Waals surface area contributed by atoms with Gasteiger partial charge in [0.05, 0.1) is 12.3 Å². The van der Waals surface area contributed by atoms with E-state index in [4.69, 9.17) is 4.84 Å². The fourth-order valence-corrected chi connectivity index (χ4v) is 2.58. The summed E-state index contributed by atoms with van der Waals surface area (Å²) < 4.78 is 0. The van der Waals surface area contributed by atoms with Crippen LogP contribution in [-0.4, -0.2) is 29.4 Å². The first-order valence-electron chi connectivity index (χ1n) is 8.33. The lowest BCUT2D eigenvalue weighted by atomic mass is 10.0. The summed E-state index contributed by atoms with van der Waals surface area (Å²) in [6.45, 7) is 5.05. The highest BCUT2D eigenvalue weighted by Crippen LogP contribution is 2.18. The third-order valence-electron chi connectivity index (χ3n) is 4.27. The number of urea groups is 1. The van der Waals surface area contributed by atoms with Crippen LogP contribution in [0.3, 0.4) is 0 Å². The maximum Gasteiger partial charge on any atom is 0.315 e. The van der Waals surface area contributed by atoms with Crippen LogP contribution in [-0.2, 0) is 11.4 Å². The average molecular weight is 338 g/mol. The Morgan fingerprint density at radius 1 is 1.16 bits per heavy atom. The molecule has 3 rings (SSSR count). The second-order valence-electron chi connectivity index (χ2n) is 6.19. The van der Waals surface area contributed by atoms with Crippen molar-refractivity contribution >= 4 is 11.7 Å². The number of nitrogens with one attached hydrogen (secondary N) is 2. The zero-order valence-corrected chi connectivity index (χ0v) is 14.5. The van der Waals surface area contributed by atoms with Gasteiger partial charge in [0.25, 0.3) is 0 Å². The number of pyridine rings is 1. The van der Waals surface area contributed by atoms with Gasteiger partial charge in [0.1, 0.15) is 0 Å². The first kappa shape index (κ1) is 17.0. The van der Waals surface area contributed by atoms with Crippen molar-refractivity contribution < 1.29 is 9.63 Å². The standard InChI is InChI=1S/C19H22N4O2/c1-13-3-4-16(9-14(13)2)18-10-17(25-23-18)12-22-19(24)21-11-15-5-7-20-8-6-15/h3-9,17H,10-12H2,1-2H3,(H2,21,22,24)/t17-/m1/s1. The summed E-state index contributed by atoms with van der Waals surface area (Å²) in [5, 5.41) is 9.80. The van der Waals surface area contributed by atoms with E-state index < -0.39 is 0 Å². The highest BCUT2D eigenvalue weighted by molar-refractivity contribution is 6.01. The fraction of sp³-hybridized carbons (Fsp3) is 0.316. The largest absolute Gasteiger partial charge is 0.390 e. The summed E-state index contributed by atoms with van der Waals surface area (Å²) in [5.41, 5.74) is 5.49. The molecule has 0 bridgehead atoms. The molecule has 6 heteroatoms. The SMILES string of the molecule is Cc1ccc(C2=NO[C@@H](CNC(=O)NCc3ccncc3)C2)cc1C. The number of carbonyl (C=O) groups excluding carboxylic acids is 1. The molecule has 6 nitrogen and oxygen atoms in total. The summed E-state index contributed by atoms with van der Waals surface area (Å²) in [7, 11) is 0. The predicted octanol–water partition coefficient (Wildman–Crippen LogP) is 2.69. The van der Waals surface area contributed by atoms with Gasteiger partial charge in [-0.05, 0) is 54.3 Å². The average Bonchev–Trinajstić information content (AvgIpc) is 3.10. The van der Waals surface area contributed by atoms with Gasteiger partial charge in [0.2, 0.25) is 0 Å². The lowest BCUT2D eigenvalue weighted by Gasteiger charge is -2.11. The molecule has 0 saturated carbocycles. The van der Waals surface area contributed by atoms with Gasteiger partial charge in [0, 0.05) is 25.4 Å². The number of aromatic nitrogens is 1. The highest BCUT2D eigenvalue weighted by atomic mass is 16.6. The van der Waals surface area contributed by atoms with Crippen LogP contribution >= 0.6 is 0 Å². The minimum atomic E-state index is -0.222. The quantitative estimate of drug-likeness (QED) is 0.880. The molecule has 0 aliphatic carbocycles. The number of amides is 2. The molecule has 130 valence electrons. The second-order valence-corrected chi connectivity index (χ2v) is 6.19. The van der Waals surface area contributed by atoms with Gasteiger partial charge in [0.15, 0.2) is 6.10 Å². The van der Waals surface area contributed by atoms with Gasteiger partial charge < -0.3 is 15.5 Å². The van der Waals surface area contributed by atoms with Gasteiger partial charge in [-0.25, -0.2) is 4.79 Å². The molecule has 1 aromatic carbocycles. The fourth-order valence-electron chi connectivity index (χ4n) is 2.58. The number of hydrogen-bond acceptors (Lipinski definition) is 4. The third kappa shape index (κ3) is 4.56. The van der Waals surface area contributed by atoms with E-state index in [0.29, 0.717) is 19.5 Å². The van der Waals surface area contributed by atoms with Crippen LogP contribution < -0.4 is 10.6 Å². The van der Waals surface area contributed by atoms with Crippen molar-refractivity contribution in [3.63, 3.8) is 0 Å². The van der Waals surface area contributed by atoms with Crippen molar-refractivity contribution in [3.8, 4) is 0 Å². The number of aryl methyl sites for hydroxylation is 2. The molecule has 2 N–H and O–H groups in total. The molecule has 2 heterocycles. The molecule has 25 heavy (non-hydrogen) atoms. The number of benzene rings is 1. The number of rotatable bonds is 5. The summed E-state index contributed by atoms with van der Waals surface area (Å²) in [6.07, 6.45) is 3.95. The van der Waals surface area contributed by atoms with Crippen molar-refractivity contribution in [1.82, 2.24) is 15.6 Å². The summed E-state index contributed by atoms with van der Waals surface area (Å²) in [4.78, 5) is 21.3. The van der Waals surface area contributed by atoms with Crippen LogP contribution in [0.25, 0.3) is 0 Å². The van der Waals surface area contributed by atoms with Gasteiger partial charge in [-0.2, -0.15) is 0 Å². The maximum absolute atomic E-state index is 11.9. The molecule has 2 amide bonds. The molecule has 0 spiro atoms. The number of carbonyl (C=O) groups is 1. The molecular weight excluding hydrogens is 316 g/mol. The van der Waals surface area contributed by atoms with Crippen LogP contribution in [0.5, 0.6) is 0 Å². The zero-order chi connectivity index (χ0) is 17.6. The molecule has 1 aliphatic heterocycles. The van der Waals surface area contributed by atoms with E-state index >= 15 is 0 Å². The van der Waals surface area contributed by atoms with E-state index in [-0.39, 0.29) is 12.1 Å². The van der Waals surface area contributed by atoms with Crippen molar-refractivity contribution in [1.29, 1.82) is 0 Å². The van der Waals surface area contributed by atoms with Crippen LogP contribution in [0.1, 0.15) is 28.7 Å². The number of hydrogen-bond donors (Lipinski definition) is 2. The molecule has 0 unspecified atom stereocenters. The Hall–Kier alpha value is -2.89. The Labute approximate surface area is 147 Å². The Morgan fingerprint density at radius 2 is 1.96 bits per heavy atom. The number of nitrogens with zero attached hydrogens (tertiary/aromatic N) is 2. The first-order valence-corrected chi connectivity index (χ1v) is 8.33.